The molecule has 0 saturated carbocycles. The minimum Gasteiger partial charge on any atom is -0.489 e. The van der Waals surface area contributed by atoms with Gasteiger partial charge in [-0.15, -0.1) is 0 Å². The molecule has 0 saturated heterocycles. The molecule has 0 radical (unpaired) electrons. The molecule has 1 aromatic carbocycles. The van der Waals surface area contributed by atoms with Crippen molar-refractivity contribution < 1.29 is 38.7 Å². The van der Waals surface area contributed by atoms with Crippen LogP contribution in [0.2, 0.25) is 0 Å². The second-order valence-electron chi connectivity index (χ2n) is 16.0. The van der Waals surface area contributed by atoms with E-state index >= 15 is 0 Å². The standard InChI is InChI=1S/C48H86O8/c1-5-9-13-17-21-25-29-33-37-53-43-41(47(49)50)45(55-39-35-31-27-23-19-15-11-7-3)46(56-40-36-32-28-24-20-16-12-8-4)42(48(51)52)44(43)54-38-34-30-26-22-18-14-10-6-2/h5-40H2,1-4H3,(H,49,50)(H,51,52). The van der Waals surface area contributed by atoms with Crippen molar-refractivity contribution in [3.05, 3.63) is 11.1 Å². The van der Waals surface area contributed by atoms with Gasteiger partial charge in [-0.2, -0.15) is 0 Å². The first-order valence-corrected chi connectivity index (χ1v) is 23.7. The van der Waals surface area contributed by atoms with Gasteiger partial charge in [0.25, 0.3) is 0 Å². The normalized spacial score (nSPS) is 11.2. The summed E-state index contributed by atoms with van der Waals surface area (Å²) in [4.78, 5) is 26.4. The van der Waals surface area contributed by atoms with Crippen molar-refractivity contribution in [3.63, 3.8) is 0 Å². The summed E-state index contributed by atoms with van der Waals surface area (Å²) in [5.41, 5.74) is -0.406. The average Bonchev–Trinajstić information content (AvgIpc) is 3.18. The van der Waals surface area contributed by atoms with Crippen LogP contribution in [0.25, 0.3) is 0 Å². The maximum atomic E-state index is 13.2. The van der Waals surface area contributed by atoms with Crippen molar-refractivity contribution in [1.29, 1.82) is 0 Å². The third-order valence-electron chi connectivity index (χ3n) is 10.7. The number of carboxylic acid groups (broad SMARTS) is 2. The van der Waals surface area contributed by atoms with E-state index in [0.29, 0.717) is 0 Å². The van der Waals surface area contributed by atoms with Gasteiger partial charge in [0.05, 0.1) is 26.4 Å². The second-order valence-corrected chi connectivity index (χ2v) is 16.0. The highest BCUT2D eigenvalue weighted by molar-refractivity contribution is 6.04. The van der Waals surface area contributed by atoms with E-state index in [1.54, 1.807) is 0 Å². The van der Waals surface area contributed by atoms with Gasteiger partial charge in [-0.25, -0.2) is 9.59 Å². The Bertz CT molecular complexity index is 949. The summed E-state index contributed by atoms with van der Waals surface area (Å²) in [7, 11) is 0. The van der Waals surface area contributed by atoms with E-state index < -0.39 is 11.9 Å². The largest absolute Gasteiger partial charge is 0.489 e. The summed E-state index contributed by atoms with van der Waals surface area (Å²) in [5, 5.41) is 21.5. The van der Waals surface area contributed by atoms with Crippen molar-refractivity contribution >= 4 is 11.9 Å². The number of hydrogen-bond donors (Lipinski definition) is 2. The van der Waals surface area contributed by atoms with Crippen LogP contribution in [0.1, 0.15) is 254 Å². The van der Waals surface area contributed by atoms with Crippen LogP contribution in [-0.2, 0) is 0 Å². The Hall–Kier alpha value is -2.64. The van der Waals surface area contributed by atoms with Crippen molar-refractivity contribution in [2.45, 2.75) is 233 Å². The first kappa shape index (κ1) is 51.4. The molecule has 0 heterocycles. The van der Waals surface area contributed by atoms with Crippen LogP contribution in [-0.4, -0.2) is 48.6 Å². The minimum absolute atomic E-state index is 0.0530. The highest BCUT2D eigenvalue weighted by Gasteiger charge is 2.35. The number of ether oxygens (including phenoxy) is 4. The van der Waals surface area contributed by atoms with Crippen molar-refractivity contribution in [2.75, 3.05) is 26.4 Å². The first-order chi connectivity index (χ1) is 27.4. The Morgan fingerprint density at radius 1 is 0.304 bits per heavy atom. The van der Waals surface area contributed by atoms with Crippen LogP contribution in [0.5, 0.6) is 23.0 Å². The van der Waals surface area contributed by atoms with Crippen LogP contribution < -0.4 is 18.9 Å². The summed E-state index contributed by atoms with van der Waals surface area (Å²) < 4.78 is 25.1. The maximum Gasteiger partial charge on any atom is 0.343 e. The number of carbonyl (C=O) groups is 2. The zero-order valence-electron chi connectivity index (χ0n) is 36.8. The molecule has 8 heteroatoms. The number of carboxylic acids is 2. The molecule has 0 bridgehead atoms. The van der Waals surface area contributed by atoms with Crippen LogP contribution in [0.15, 0.2) is 0 Å². The zero-order valence-corrected chi connectivity index (χ0v) is 36.8. The molecule has 326 valence electrons. The molecular weight excluding hydrogens is 705 g/mol. The Balaban J connectivity index is 3.34. The van der Waals surface area contributed by atoms with E-state index in [0.717, 1.165) is 103 Å². The van der Waals surface area contributed by atoms with E-state index in [4.69, 9.17) is 18.9 Å². The molecule has 1 aromatic rings. The summed E-state index contributed by atoms with van der Waals surface area (Å²) in [6, 6.07) is 0. The molecule has 1 rings (SSSR count). The lowest BCUT2D eigenvalue weighted by Gasteiger charge is -2.23. The van der Waals surface area contributed by atoms with Crippen molar-refractivity contribution in [3.8, 4) is 23.0 Å². The number of hydrogen-bond acceptors (Lipinski definition) is 6. The van der Waals surface area contributed by atoms with E-state index in [9.17, 15) is 19.8 Å². The van der Waals surface area contributed by atoms with E-state index in [2.05, 4.69) is 27.7 Å². The van der Waals surface area contributed by atoms with E-state index in [1.165, 1.54) is 103 Å². The van der Waals surface area contributed by atoms with Gasteiger partial charge in [0.15, 0.2) is 34.1 Å². The Labute approximate surface area is 343 Å². The monoisotopic (exact) mass is 791 g/mol. The molecule has 0 amide bonds. The highest BCUT2D eigenvalue weighted by atomic mass is 16.5. The quantitative estimate of drug-likeness (QED) is 0.0630. The molecule has 0 atom stereocenters. The number of benzene rings is 1. The van der Waals surface area contributed by atoms with Gasteiger partial charge in [-0.3, -0.25) is 0 Å². The predicted octanol–water partition coefficient (Wildman–Crippen LogP) is 15.2. The molecule has 2 N–H and O–H groups in total. The van der Waals surface area contributed by atoms with Gasteiger partial charge in [0.2, 0.25) is 0 Å². The average molecular weight is 791 g/mol. The van der Waals surface area contributed by atoms with Crippen LogP contribution in [0, 0.1) is 0 Å². The molecule has 8 nitrogen and oxygen atoms in total. The number of aromatic carboxylic acids is 2. The number of unbranched alkanes of at least 4 members (excludes halogenated alkanes) is 28. The topological polar surface area (TPSA) is 112 Å². The molecular formula is C48H86O8. The van der Waals surface area contributed by atoms with Crippen LogP contribution in [0.4, 0.5) is 0 Å². The van der Waals surface area contributed by atoms with Gasteiger partial charge in [-0.05, 0) is 25.7 Å². The molecule has 56 heavy (non-hydrogen) atoms. The van der Waals surface area contributed by atoms with Gasteiger partial charge in [-0.1, -0.05) is 207 Å². The van der Waals surface area contributed by atoms with Crippen molar-refractivity contribution in [1.82, 2.24) is 0 Å². The van der Waals surface area contributed by atoms with Gasteiger partial charge in [0, 0.05) is 0 Å². The maximum absolute atomic E-state index is 13.2. The van der Waals surface area contributed by atoms with Gasteiger partial charge < -0.3 is 29.2 Å². The fraction of sp³-hybridized carbons (Fsp3) is 0.833. The molecule has 0 aliphatic heterocycles. The lowest BCUT2D eigenvalue weighted by molar-refractivity contribution is 0.0659. The Morgan fingerprint density at radius 2 is 0.464 bits per heavy atom. The second kappa shape index (κ2) is 36.7. The molecule has 0 spiro atoms. The zero-order chi connectivity index (χ0) is 40.9. The predicted molar refractivity (Wildman–Crippen MR) is 233 cm³/mol. The molecule has 0 fully saturated rings. The molecule has 0 aliphatic carbocycles. The fourth-order valence-electron chi connectivity index (χ4n) is 7.24. The Morgan fingerprint density at radius 3 is 0.625 bits per heavy atom. The molecule has 0 unspecified atom stereocenters. The molecule has 0 aliphatic rings. The number of rotatable bonds is 42. The SMILES string of the molecule is CCCCCCCCCCOc1c(OCCCCCCCCCC)c(C(=O)O)c(OCCCCCCCCCC)c(OCCCCCCCCCC)c1C(=O)O. The smallest absolute Gasteiger partial charge is 0.343 e. The minimum atomic E-state index is -1.24. The summed E-state index contributed by atoms with van der Waals surface area (Å²) in [6.45, 7) is 9.92. The lowest BCUT2D eigenvalue weighted by atomic mass is 10.0. The fourth-order valence-corrected chi connectivity index (χ4v) is 7.24. The molecule has 0 aromatic heterocycles. The third-order valence-corrected chi connectivity index (χ3v) is 10.7. The van der Waals surface area contributed by atoms with Crippen molar-refractivity contribution in [2.24, 2.45) is 0 Å². The van der Waals surface area contributed by atoms with Crippen LogP contribution >= 0.6 is 0 Å². The lowest BCUT2D eigenvalue weighted by Crippen LogP contribution is -2.17. The highest BCUT2D eigenvalue weighted by Crippen LogP contribution is 2.49. The summed E-state index contributed by atoms with van der Waals surface area (Å²) in [5.74, 6) is -2.70. The third kappa shape index (κ3) is 24.2. The summed E-state index contributed by atoms with van der Waals surface area (Å²) >= 11 is 0. The first-order valence-electron chi connectivity index (χ1n) is 23.7. The van der Waals surface area contributed by atoms with Crippen LogP contribution in [0.3, 0.4) is 0 Å². The Kier molecular flexibility index (Phi) is 33.7. The van der Waals surface area contributed by atoms with Gasteiger partial charge in [0.1, 0.15) is 0 Å². The van der Waals surface area contributed by atoms with E-state index in [-0.39, 0.29) is 60.6 Å². The summed E-state index contributed by atoms with van der Waals surface area (Å²) in [6.07, 6.45) is 35.5. The van der Waals surface area contributed by atoms with Gasteiger partial charge >= 0.3 is 11.9 Å². The van der Waals surface area contributed by atoms with E-state index in [1.807, 2.05) is 0 Å².